The summed E-state index contributed by atoms with van der Waals surface area (Å²) in [7, 11) is 2.93. The maximum absolute atomic E-state index is 11.1. The lowest BCUT2D eigenvalue weighted by molar-refractivity contribution is -0.385. The molecule has 0 spiro atoms. The predicted molar refractivity (Wildman–Crippen MR) is 75.5 cm³/mol. The van der Waals surface area contributed by atoms with Gasteiger partial charge in [0, 0.05) is 12.0 Å². The highest BCUT2D eigenvalue weighted by molar-refractivity contribution is 5.54. The van der Waals surface area contributed by atoms with E-state index in [4.69, 9.17) is 14.2 Å². The second kappa shape index (κ2) is 7.49. The van der Waals surface area contributed by atoms with Crippen molar-refractivity contribution < 1.29 is 19.1 Å². The van der Waals surface area contributed by atoms with E-state index in [-0.39, 0.29) is 5.69 Å². The van der Waals surface area contributed by atoms with Gasteiger partial charge < -0.3 is 14.2 Å². The smallest absolute Gasteiger partial charge is 0.276 e. The van der Waals surface area contributed by atoms with Gasteiger partial charge in [0.15, 0.2) is 11.5 Å². The van der Waals surface area contributed by atoms with E-state index in [1.807, 2.05) is 6.92 Å². The number of ether oxygens (including phenoxy) is 3. The lowest BCUT2D eigenvalue weighted by Crippen LogP contribution is -2.04. The van der Waals surface area contributed by atoms with Crippen molar-refractivity contribution in [3.8, 4) is 11.5 Å². The third-order valence-electron chi connectivity index (χ3n) is 2.65. The SMILES string of the molecule is C=C(C)COCCc1cc(OC)c(OC)cc1[N+](=O)[O-]. The van der Waals surface area contributed by atoms with Crippen LogP contribution in [0.15, 0.2) is 24.3 Å². The zero-order valence-electron chi connectivity index (χ0n) is 12.0. The predicted octanol–water partition coefficient (Wildman–Crippen LogP) is 2.75. The van der Waals surface area contributed by atoms with Crippen molar-refractivity contribution in [1.82, 2.24) is 0 Å². The molecule has 1 aromatic carbocycles. The van der Waals surface area contributed by atoms with Gasteiger partial charge in [0.1, 0.15) is 0 Å². The summed E-state index contributed by atoms with van der Waals surface area (Å²) in [4.78, 5) is 10.7. The van der Waals surface area contributed by atoms with Gasteiger partial charge in [-0.25, -0.2) is 0 Å². The molecule has 0 aromatic heterocycles. The van der Waals surface area contributed by atoms with Gasteiger partial charge in [-0.2, -0.15) is 0 Å². The number of nitro benzene ring substituents is 1. The van der Waals surface area contributed by atoms with Gasteiger partial charge in [-0.15, -0.1) is 0 Å². The minimum absolute atomic E-state index is 0.00146. The Morgan fingerprint density at radius 1 is 1.30 bits per heavy atom. The third kappa shape index (κ3) is 4.24. The Morgan fingerprint density at radius 3 is 2.40 bits per heavy atom. The molecule has 0 saturated heterocycles. The van der Waals surface area contributed by atoms with Gasteiger partial charge in [-0.1, -0.05) is 12.2 Å². The van der Waals surface area contributed by atoms with Crippen LogP contribution in [-0.4, -0.2) is 32.4 Å². The fraction of sp³-hybridized carbons (Fsp3) is 0.429. The summed E-state index contributed by atoms with van der Waals surface area (Å²) in [5.74, 6) is 0.804. The lowest BCUT2D eigenvalue weighted by atomic mass is 10.1. The summed E-state index contributed by atoms with van der Waals surface area (Å²) in [5.41, 5.74) is 1.46. The zero-order valence-corrected chi connectivity index (χ0v) is 12.0. The molecule has 0 aliphatic rings. The quantitative estimate of drug-likeness (QED) is 0.317. The van der Waals surface area contributed by atoms with Crippen LogP contribution in [0.1, 0.15) is 12.5 Å². The molecule has 0 radical (unpaired) electrons. The van der Waals surface area contributed by atoms with Crippen molar-refractivity contribution in [3.05, 3.63) is 40.0 Å². The highest BCUT2D eigenvalue weighted by Gasteiger charge is 2.19. The molecule has 0 fully saturated rings. The van der Waals surface area contributed by atoms with E-state index >= 15 is 0 Å². The summed E-state index contributed by atoms with van der Waals surface area (Å²) in [6.45, 7) is 6.41. The van der Waals surface area contributed by atoms with Crippen molar-refractivity contribution >= 4 is 5.69 Å². The number of methoxy groups -OCH3 is 2. The Kier molecular flexibility index (Phi) is 5.99. The molecule has 110 valence electrons. The highest BCUT2D eigenvalue weighted by atomic mass is 16.6. The monoisotopic (exact) mass is 281 g/mol. The first-order valence-corrected chi connectivity index (χ1v) is 6.11. The van der Waals surface area contributed by atoms with Crippen LogP contribution in [0.4, 0.5) is 5.69 Å². The molecule has 20 heavy (non-hydrogen) atoms. The molecule has 0 amide bonds. The van der Waals surface area contributed by atoms with E-state index in [0.29, 0.717) is 36.7 Å². The van der Waals surface area contributed by atoms with Crippen LogP contribution in [0.3, 0.4) is 0 Å². The first-order valence-electron chi connectivity index (χ1n) is 6.11. The second-order valence-electron chi connectivity index (χ2n) is 4.35. The first-order chi connectivity index (χ1) is 9.49. The average molecular weight is 281 g/mol. The molecule has 0 unspecified atom stereocenters. The second-order valence-corrected chi connectivity index (χ2v) is 4.35. The van der Waals surface area contributed by atoms with Crippen LogP contribution in [0.25, 0.3) is 0 Å². The lowest BCUT2D eigenvalue weighted by Gasteiger charge is -2.10. The highest BCUT2D eigenvalue weighted by Crippen LogP contribution is 2.34. The van der Waals surface area contributed by atoms with Crippen LogP contribution >= 0.6 is 0 Å². The van der Waals surface area contributed by atoms with E-state index in [0.717, 1.165) is 5.57 Å². The Labute approximate surface area is 118 Å². The number of nitrogens with zero attached hydrogens (tertiary/aromatic N) is 1. The Balaban J connectivity index is 2.92. The van der Waals surface area contributed by atoms with E-state index in [2.05, 4.69) is 6.58 Å². The van der Waals surface area contributed by atoms with E-state index < -0.39 is 4.92 Å². The van der Waals surface area contributed by atoms with Gasteiger partial charge in [-0.3, -0.25) is 10.1 Å². The van der Waals surface area contributed by atoms with Gasteiger partial charge >= 0.3 is 0 Å². The number of hydrogen-bond acceptors (Lipinski definition) is 5. The van der Waals surface area contributed by atoms with Gasteiger partial charge in [0.05, 0.1) is 38.4 Å². The summed E-state index contributed by atoms with van der Waals surface area (Å²) in [6, 6.07) is 2.98. The fourth-order valence-electron chi connectivity index (χ4n) is 1.71. The molecule has 0 bridgehead atoms. The van der Waals surface area contributed by atoms with Crippen molar-refractivity contribution in [2.45, 2.75) is 13.3 Å². The van der Waals surface area contributed by atoms with E-state index in [9.17, 15) is 10.1 Å². The molecule has 1 rings (SSSR count). The van der Waals surface area contributed by atoms with Crippen molar-refractivity contribution in [2.75, 3.05) is 27.4 Å². The van der Waals surface area contributed by atoms with Crippen molar-refractivity contribution in [1.29, 1.82) is 0 Å². The van der Waals surface area contributed by atoms with E-state index in [1.165, 1.54) is 20.3 Å². The maximum Gasteiger partial charge on any atom is 0.276 e. The Bertz CT molecular complexity index is 499. The fourth-order valence-corrected chi connectivity index (χ4v) is 1.71. The van der Waals surface area contributed by atoms with Crippen LogP contribution in [0, 0.1) is 10.1 Å². The molecule has 1 aromatic rings. The molecule has 6 heteroatoms. The molecule has 0 aliphatic heterocycles. The van der Waals surface area contributed by atoms with Gasteiger partial charge in [0.25, 0.3) is 5.69 Å². The van der Waals surface area contributed by atoms with Crippen LogP contribution in [0.5, 0.6) is 11.5 Å². The number of rotatable bonds is 8. The van der Waals surface area contributed by atoms with Crippen molar-refractivity contribution in [3.63, 3.8) is 0 Å². The number of hydrogen-bond donors (Lipinski definition) is 0. The Morgan fingerprint density at radius 2 is 1.90 bits per heavy atom. The average Bonchev–Trinajstić information content (AvgIpc) is 2.42. The standard InChI is InChI=1S/C14H19NO5/c1-10(2)9-20-6-5-11-7-13(18-3)14(19-4)8-12(11)15(16)17/h7-8H,1,5-6,9H2,2-4H3. The summed E-state index contributed by atoms with van der Waals surface area (Å²) >= 11 is 0. The summed E-state index contributed by atoms with van der Waals surface area (Å²) in [5, 5.41) is 11.1. The zero-order chi connectivity index (χ0) is 15.1. The van der Waals surface area contributed by atoms with Crippen LogP contribution < -0.4 is 9.47 Å². The van der Waals surface area contributed by atoms with E-state index in [1.54, 1.807) is 6.07 Å². The number of nitro groups is 1. The number of benzene rings is 1. The maximum atomic E-state index is 11.1. The molecular weight excluding hydrogens is 262 g/mol. The minimum atomic E-state index is -0.434. The summed E-state index contributed by atoms with van der Waals surface area (Å²) < 4.78 is 15.6. The largest absolute Gasteiger partial charge is 0.493 e. The minimum Gasteiger partial charge on any atom is -0.493 e. The molecule has 6 nitrogen and oxygen atoms in total. The van der Waals surface area contributed by atoms with Gasteiger partial charge in [0.2, 0.25) is 0 Å². The molecule has 0 saturated carbocycles. The van der Waals surface area contributed by atoms with Gasteiger partial charge in [-0.05, 0) is 13.0 Å². The Hall–Kier alpha value is -2.08. The van der Waals surface area contributed by atoms with Crippen molar-refractivity contribution in [2.24, 2.45) is 0 Å². The first kappa shape index (κ1) is 16.0. The topological polar surface area (TPSA) is 70.8 Å². The van der Waals surface area contributed by atoms with Crippen LogP contribution in [0.2, 0.25) is 0 Å². The normalized spacial score (nSPS) is 10.2. The molecule has 0 aliphatic carbocycles. The summed E-state index contributed by atoms with van der Waals surface area (Å²) in [6.07, 6.45) is 0.421. The molecule has 0 atom stereocenters. The van der Waals surface area contributed by atoms with Crippen LogP contribution in [-0.2, 0) is 11.2 Å². The third-order valence-corrected chi connectivity index (χ3v) is 2.65. The molecule has 0 N–H and O–H groups in total. The molecule has 0 heterocycles. The molecular formula is C14H19NO5.